The molecule has 9 atom stereocenters. The molecule has 154 valence electrons. The number of rotatable bonds is 4. The summed E-state index contributed by atoms with van der Waals surface area (Å²) < 4.78 is 0. The third-order valence-corrected chi connectivity index (χ3v) is 9.79. The standard InChI is InChI=1S/C23H38O4/c1-22-11-9-18-16(17(22)7-6-14(22)4-3-5-21(26)27)13-20(25)19-12-15(24)8-10-23(18,19)2/h14-20,24-25H,3-13H2,1-2H3,(H,26,27)/t14-,15+,16?,17?,18?,19?,20-,22+,23+/m0/s1. The van der Waals surface area contributed by atoms with Crippen molar-refractivity contribution in [3.8, 4) is 0 Å². The molecule has 4 rings (SSSR count). The molecule has 0 aromatic rings. The number of aliphatic hydroxyl groups is 2. The van der Waals surface area contributed by atoms with Crippen molar-refractivity contribution in [3.63, 3.8) is 0 Å². The monoisotopic (exact) mass is 378 g/mol. The first kappa shape index (κ1) is 19.7. The maximum absolute atomic E-state index is 11.0. The van der Waals surface area contributed by atoms with Crippen LogP contribution in [-0.2, 0) is 4.79 Å². The van der Waals surface area contributed by atoms with Crippen LogP contribution in [0.3, 0.4) is 0 Å². The molecule has 4 saturated carbocycles. The molecule has 0 aromatic heterocycles. The molecule has 0 bridgehead atoms. The van der Waals surface area contributed by atoms with Crippen LogP contribution in [0.5, 0.6) is 0 Å². The Labute approximate surface area is 163 Å². The Morgan fingerprint density at radius 1 is 0.926 bits per heavy atom. The van der Waals surface area contributed by atoms with Gasteiger partial charge in [-0.15, -0.1) is 0 Å². The summed E-state index contributed by atoms with van der Waals surface area (Å²) >= 11 is 0. The highest BCUT2D eigenvalue weighted by molar-refractivity contribution is 5.66. The van der Waals surface area contributed by atoms with Crippen molar-refractivity contribution in [2.24, 2.45) is 40.4 Å². The van der Waals surface area contributed by atoms with E-state index in [9.17, 15) is 15.0 Å². The summed E-state index contributed by atoms with van der Waals surface area (Å²) in [6, 6.07) is 0. The molecule has 27 heavy (non-hydrogen) atoms. The summed E-state index contributed by atoms with van der Waals surface area (Å²) in [6.07, 6.45) is 10.3. The van der Waals surface area contributed by atoms with E-state index < -0.39 is 5.97 Å². The fraction of sp³-hybridized carbons (Fsp3) is 0.957. The molecule has 4 fully saturated rings. The fourth-order valence-electron chi connectivity index (χ4n) is 8.36. The van der Waals surface area contributed by atoms with E-state index in [1.165, 1.54) is 25.7 Å². The summed E-state index contributed by atoms with van der Waals surface area (Å²) in [5, 5.41) is 30.2. The lowest BCUT2D eigenvalue weighted by Crippen LogP contribution is -2.58. The van der Waals surface area contributed by atoms with Crippen LogP contribution < -0.4 is 0 Å². The Morgan fingerprint density at radius 2 is 1.63 bits per heavy atom. The third kappa shape index (κ3) is 3.15. The van der Waals surface area contributed by atoms with Gasteiger partial charge in [-0.3, -0.25) is 4.79 Å². The first-order valence-corrected chi connectivity index (χ1v) is 11.3. The fourth-order valence-corrected chi connectivity index (χ4v) is 8.36. The Morgan fingerprint density at radius 3 is 2.37 bits per heavy atom. The molecule has 4 aliphatic rings. The predicted molar refractivity (Wildman–Crippen MR) is 104 cm³/mol. The molecule has 4 unspecified atom stereocenters. The summed E-state index contributed by atoms with van der Waals surface area (Å²) in [4.78, 5) is 10.9. The second-order valence-electron chi connectivity index (χ2n) is 10.8. The van der Waals surface area contributed by atoms with Crippen LogP contribution in [0.25, 0.3) is 0 Å². The number of hydrogen-bond acceptors (Lipinski definition) is 3. The second-order valence-corrected chi connectivity index (χ2v) is 10.8. The molecule has 0 heterocycles. The molecule has 3 N–H and O–H groups in total. The quantitative estimate of drug-likeness (QED) is 0.684. The minimum absolute atomic E-state index is 0.185. The summed E-state index contributed by atoms with van der Waals surface area (Å²) in [7, 11) is 0. The average Bonchev–Trinajstić information content (AvgIpc) is 2.93. The van der Waals surface area contributed by atoms with Gasteiger partial charge in [0.05, 0.1) is 12.2 Å². The number of fused-ring (bicyclic) bond motifs is 5. The van der Waals surface area contributed by atoms with Crippen LogP contribution >= 0.6 is 0 Å². The molecule has 4 heteroatoms. The van der Waals surface area contributed by atoms with Crippen molar-refractivity contribution in [2.75, 3.05) is 0 Å². The molecule has 0 radical (unpaired) electrons. The minimum atomic E-state index is -0.674. The lowest BCUT2D eigenvalue weighted by atomic mass is 9.44. The van der Waals surface area contributed by atoms with Gasteiger partial charge in [0.25, 0.3) is 0 Å². The van der Waals surface area contributed by atoms with Crippen molar-refractivity contribution in [3.05, 3.63) is 0 Å². The van der Waals surface area contributed by atoms with Gasteiger partial charge in [-0.25, -0.2) is 0 Å². The first-order chi connectivity index (χ1) is 12.8. The predicted octanol–water partition coefficient (Wildman–Crippen LogP) is 4.23. The number of aliphatic carboxylic acids is 1. The van der Waals surface area contributed by atoms with Crippen LogP contribution in [0, 0.1) is 40.4 Å². The zero-order valence-corrected chi connectivity index (χ0v) is 17.1. The molecule has 4 aliphatic carbocycles. The molecular weight excluding hydrogens is 340 g/mol. The van der Waals surface area contributed by atoms with E-state index in [1.54, 1.807) is 0 Å². The van der Waals surface area contributed by atoms with Crippen LogP contribution in [0.1, 0.15) is 84.5 Å². The Balaban J connectivity index is 1.52. The molecule has 0 aliphatic heterocycles. The Kier molecular flexibility index (Phi) is 5.12. The Hall–Kier alpha value is -0.610. The van der Waals surface area contributed by atoms with Gasteiger partial charge in [-0.05, 0) is 105 Å². The molecule has 0 aromatic carbocycles. The highest BCUT2D eigenvalue weighted by atomic mass is 16.4. The highest BCUT2D eigenvalue weighted by Gasteiger charge is 2.61. The van der Waals surface area contributed by atoms with Crippen molar-refractivity contribution >= 4 is 5.97 Å². The third-order valence-electron chi connectivity index (χ3n) is 9.79. The smallest absolute Gasteiger partial charge is 0.303 e. The van der Waals surface area contributed by atoms with E-state index in [2.05, 4.69) is 13.8 Å². The molecule has 0 spiro atoms. The van der Waals surface area contributed by atoms with Gasteiger partial charge in [-0.1, -0.05) is 13.8 Å². The maximum Gasteiger partial charge on any atom is 0.303 e. The maximum atomic E-state index is 11.0. The molecule has 0 saturated heterocycles. The Bertz CT molecular complexity index is 577. The lowest BCUT2D eigenvalue weighted by molar-refractivity contribution is -0.171. The number of carbonyl (C=O) groups is 1. The van der Waals surface area contributed by atoms with E-state index in [-0.39, 0.29) is 23.5 Å². The minimum Gasteiger partial charge on any atom is -0.481 e. The topological polar surface area (TPSA) is 77.8 Å². The van der Waals surface area contributed by atoms with Crippen molar-refractivity contribution in [1.29, 1.82) is 0 Å². The number of aliphatic hydroxyl groups excluding tert-OH is 2. The van der Waals surface area contributed by atoms with Gasteiger partial charge in [0.15, 0.2) is 0 Å². The highest BCUT2D eigenvalue weighted by Crippen LogP contribution is 2.67. The summed E-state index contributed by atoms with van der Waals surface area (Å²) in [6.45, 7) is 4.88. The van der Waals surface area contributed by atoms with Crippen molar-refractivity contribution in [2.45, 2.75) is 96.7 Å². The van der Waals surface area contributed by atoms with Gasteiger partial charge in [-0.2, -0.15) is 0 Å². The van der Waals surface area contributed by atoms with E-state index in [0.717, 1.165) is 38.5 Å². The lowest BCUT2D eigenvalue weighted by Gasteiger charge is -2.62. The average molecular weight is 379 g/mol. The van der Waals surface area contributed by atoms with E-state index in [4.69, 9.17) is 5.11 Å². The van der Waals surface area contributed by atoms with Crippen LogP contribution in [0.4, 0.5) is 0 Å². The zero-order chi connectivity index (χ0) is 19.4. The first-order valence-electron chi connectivity index (χ1n) is 11.3. The molecule has 0 amide bonds. The zero-order valence-electron chi connectivity index (χ0n) is 17.1. The van der Waals surface area contributed by atoms with E-state index >= 15 is 0 Å². The number of carboxylic acid groups (broad SMARTS) is 1. The van der Waals surface area contributed by atoms with Gasteiger partial charge in [0, 0.05) is 6.42 Å². The molecular formula is C23H38O4. The van der Waals surface area contributed by atoms with Crippen LogP contribution in [0.15, 0.2) is 0 Å². The van der Waals surface area contributed by atoms with Gasteiger partial charge in [0.2, 0.25) is 0 Å². The summed E-state index contributed by atoms with van der Waals surface area (Å²) in [5.74, 6) is 2.23. The van der Waals surface area contributed by atoms with Crippen LogP contribution in [-0.4, -0.2) is 33.5 Å². The largest absolute Gasteiger partial charge is 0.481 e. The van der Waals surface area contributed by atoms with Crippen molar-refractivity contribution in [1.82, 2.24) is 0 Å². The van der Waals surface area contributed by atoms with E-state index in [0.29, 0.717) is 35.5 Å². The van der Waals surface area contributed by atoms with Crippen LogP contribution in [0.2, 0.25) is 0 Å². The summed E-state index contributed by atoms with van der Waals surface area (Å²) in [5.41, 5.74) is 0.515. The normalized spacial score (nSPS) is 51.9. The molecule has 4 nitrogen and oxygen atoms in total. The van der Waals surface area contributed by atoms with Gasteiger partial charge >= 0.3 is 5.97 Å². The van der Waals surface area contributed by atoms with Crippen molar-refractivity contribution < 1.29 is 20.1 Å². The SMILES string of the molecule is C[C@]12CC[C@@H](O)CC1[C@@H](O)CC1C2CC[C@@]2(C)C1CC[C@@H]2CCCC(=O)O. The number of hydrogen-bond donors (Lipinski definition) is 3. The van der Waals surface area contributed by atoms with Gasteiger partial charge in [0.1, 0.15) is 0 Å². The van der Waals surface area contributed by atoms with Gasteiger partial charge < -0.3 is 15.3 Å². The number of carboxylic acids is 1. The van der Waals surface area contributed by atoms with E-state index in [1.807, 2.05) is 0 Å². The second kappa shape index (κ2) is 7.02.